The summed E-state index contributed by atoms with van der Waals surface area (Å²) in [4.78, 5) is 9.76. The Bertz CT molecular complexity index is 366. The number of nitro groups is 1. The maximum Gasteiger partial charge on any atom is 0.270 e. The largest absolute Gasteiger partial charge is 0.270 e. The van der Waals surface area contributed by atoms with Crippen molar-refractivity contribution in [2.24, 2.45) is 0 Å². The van der Waals surface area contributed by atoms with Crippen LogP contribution in [0.15, 0.2) is 18.2 Å². The van der Waals surface area contributed by atoms with E-state index in [4.69, 9.17) is 5.26 Å². The van der Waals surface area contributed by atoms with Crippen molar-refractivity contribution in [1.29, 1.82) is 5.26 Å². The Hall–Kier alpha value is -1.89. The van der Waals surface area contributed by atoms with Crippen LogP contribution in [-0.2, 0) is 0 Å². The maximum absolute atomic E-state index is 10.3. The summed E-state index contributed by atoms with van der Waals surface area (Å²) in [6.07, 6.45) is 0. The molecule has 0 saturated heterocycles. The topological polar surface area (TPSA) is 66.9 Å². The number of non-ortho nitro benzene ring substituents is 1. The zero-order valence-corrected chi connectivity index (χ0v) is 6.44. The van der Waals surface area contributed by atoms with Crippen molar-refractivity contribution in [3.63, 3.8) is 0 Å². The fourth-order valence-corrected chi connectivity index (χ4v) is 0.844. The highest BCUT2D eigenvalue weighted by molar-refractivity contribution is 5.45. The number of nitro benzene ring substituents is 1. The zero-order chi connectivity index (χ0) is 9.14. The van der Waals surface area contributed by atoms with Crippen LogP contribution in [0.1, 0.15) is 11.1 Å². The Labute approximate surface area is 69.2 Å². The third-order valence-corrected chi connectivity index (χ3v) is 1.55. The minimum absolute atomic E-state index is 0.0443. The molecule has 0 unspecified atom stereocenters. The van der Waals surface area contributed by atoms with Gasteiger partial charge in [0.05, 0.1) is 16.6 Å². The lowest BCUT2D eigenvalue weighted by Gasteiger charge is -1.95. The predicted octanol–water partition coefficient (Wildman–Crippen LogP) is 1.77. The molecule has 0 radical (unpaired) electrons. The zero-order valence-electron chi connectivity index (χ0n) is 6.44. The molecular weight excluding hydrogens is 156 g/mol. The van der Waals surface area contributed by atoms with Crippen LogP contribution in [0.4, 0.5) is 5.69 Å². The van der Waals surface area contributed by atoms with E-state index in [1.54, 1.807) is 13.0 Å². The summed E-state index contributed by atoms with van der Waals surface area (Å²) in [7, 11) is 0. The van der Waals surface area contributed by atoms with Crippen molar-refractivity contribution in [3.8, 4) is 6.07 Å². The lowest BCUT2D eigenvalue weighted by Crippen LogP contribution is -1.90. The molecule has 0 aliphatic rings. The van der Waals surface area contributed by atoms with E-state index in [2.05, 4.69) is 0 Å². The van der Waals surface area contributed by atoms with Gasteiger partial charge in [-0.25, -0.2) is 0 Å². The van der Waals surface area contributed by atoms with Gasteiger partial charge in [-0.15, -0.1) is 0 Å². The second kappa shape index (κ2) is 3.01. The molecule has 0 atom stereocenters. The lowest BCUT2D eigenvalue weighted by molar-refractivity contribution is -0.384. The number of benzene rings is 1. The van der Waals surface area contributed by atoms with E-state index in [1.807, 2.05) is 6.07 Å². The summed E-state index contributed by atoms with van der Waals surface area (Å²) in [6, 6.07) is 6.11. The van der Waals surface area contributed by atoms with Crippen LogP contribution < -0.4 is 0 Å². The maximum atomic E-state index is 10.3. The minimum atomic E-state index is -0.514. The molecule has 4 nitrogen and oxygen atoms in total. The average molecular weight is 162 g/mol. The molecule has 0 aliphatic heterocycles. The molecule has 60 valence electrons. The van der Waals surface area contributed by atoms with Crippen LogP contribution in [0.5, 0.6) is 0 Å². The molecule has 0 amide bonds. The molecule has 0 aromatic heterocycles. The smallest absolute Gasteiger partial charge is 0.258 e. The van der Waals surface area contributed by atoms with Gasteiger partial charge in [0, 0.05) is 12.1 Å². The highest BCUT2D eigenvalue weighted by Crippen LogP contribution is 2.15. The summed E-state index contributed by atoms with van der Waals surface area (Å²) in [5.41, 5.74) is 1.06. The first-order valence-corrected chi connectivity index (χ1v) is 3.30. The van der Waals surface area contributed by atoms with Gasteiger partial charge in [-0.1, -0.05) is 6.07 Å². The third-order valence-electron chi connectivity index (χ3n) is 1.55. The Morgan fingerprint density at radius 3 is 2.75 bits per heavy atom. The molecule has 4 heteroatoms. The fourth-order valence-electron chi connectivity index (χ4n) is 0.844. The second-order valence-electron chi connectivity index (χ2n) is 2.37. The van der Waals surface area contributed by atoms with E-state index in [-0.39, 0.29) is 5.69 Å². The molecule has 0 bridgehead atoms. The van der Waals surface area contributed by atoms with Gasteiger partial charge in [0.15, 0.2) is 0 Å². The van der Waals surface area contributed by atoms with Crippen molar-refractivity contribution in [2.75, 3.05) is 0 Å². The second-order valence-corrected chi connectivity index (χ2v) is 2.37. The first-order valence-electron chi connectivity index (χ1n) is 3.30. The average Bonchev–Trinajstić information content (AvgIpc) is 2.05. The summed E-state index contributed by atoms with van der Waals surface area (Å²) in [5, 5.41) is 18.8. The van der Waals surface area contributed by atoms with E-state index >= 15 is 0 Å². The standard InChI is InChI=1S/C8H6N2O2/c1-6-2-3-8(10(11)12)4-7(6)5-9/h2-4H,1H3. The van der Waals surface area contributed by atoms with Gasteiger partial charge in [0.2, 0.25) is 0 Å². The van der Waals surface area contributed by atoms with E-state index in [1.165, 1.54) is 12.1 Å². The highest BCUT2D eigenvalue weighted by Gasteiger charge is 2.07. The van der Waals surface area contributed by atoms with Gasteiger partial charge >= 0.3 is 0 Å². The molecule has 1 rings (SSSR count). The van der Waals surface area contributed by atoms with Crippen LogP contribution in [0.2, 0.25) is 0 Å². The lowest BCUT2D eigenvalue weighted by atomic mass is 10.1. The number of rotatable bonds is 1. The molecule has 0 aliphatic carbocycles. The summed E-state index contributed by atoms with van der Waals surface area (Å²) < 4.78 is 0. The molecule has 1 aromatic rings. The fraction of sp³-hybridized carbons (Fsp3) is 0.125. The monoisotopic (exact) mass is 162 g/mol. The molecule has 12 heavy (non-hydrogen) atoms. The number of nitriles is 1. The van der Waals surface area contributed by atoms with E-state index in [9.17, 15) is 10.1 Å². The Morgan fingerprint density at radius 1 is 1.58 bits per heavy atom. The summed E-state index contributed by atoms with van der Waals surface area (Å²) in [5.74, 6) is 0. The number of nitrogens with zero attached hydrogens (tertiary/aromatic N) is 2. The third kappa shape index (κ3) is 1.40. The van der Waals surface area contributed by atoms with Crippen molar-refractivity contribution in [1.82, 2.24) is 0 Å². The van der Waals surface area contributed by atoms with Crippen LogP contribution in [0.3, 0.4) is 0 Å². The van der Waals surface area contributed by atoms with Crippen molar-refractivity contribution < 1.29 is 4.92 Å². The molecule has 1 aromatic carbocycles. The van der Waals surface area contributed by atoms with Crippen LogP contribution in [0.25, 0.3) is 0 Å². The predicted molar refractivity (Wildman–Crippen MR) is 42.5 cm³/mol. The molecule has 0 fully saturated rings. The van der Waals surface area contributed by atoms with Gasteiger partial charge in [-0.3, -0.25) is 10.1 Å². The van der Waals surface area contributed by atoms with Crippen molar-refractivity contribution >= 4 is 5.69 Å². The first-order chi connectivity index (χ1) is 5.65. The van der Waals surface area contributed by atoms with Crippen LogP contribution in [0, 0.1) is 28.4 Å². The Kier molecular flexibility index (Phi) is 2.06. The van der Waals surface area contributed by atoms with Crippen LogP contribution in [-0.4, -0.2) is 4.92 Å². The number of aryl methyl sites for hydroxylation is 1. The van der Waals surface area contributed by atoms with Gasteiger partial charge in [0.1, 0.15) is 0 Å². The van der Waals surface area contributed by atoms with Crippen molar-refractivity contribution in [3.05, 3.63) is 39.4 Å². The van der Waals surface area contributed by atoms with Gasteiger partial charge in [-0.05, 0) is 12.5 Å². The molecule has 0 saturated carbocycles. The van der Waals surface area contributed by atoms with E-state index in [0.29, 0.717) is 5.56 Å². The first kappa shape index (κ1) is 8.21. The van der Waals surface area contributed by atoms with E-state index in [0.717, 1.165) is 5.56 Å². The Balaban J connectivity index is 3.25. The van der Waals surface area contributed by atoms with Crippen molar-refractivity contribution in [2.45, 2.75) is 6.92 Å². The van der Waals surface area contributed by atoms with Crippen LogP contribution >= 0.6 is 0 Å². The molecular formula is C8H6N2O2. The quantitative estimate of drug-likeness (QED) is 0.466. The van der Waals surface area contributed by atoms with E-state index < -0.39 is 4.92 Å². The number of hydrogen-bond acceptors (Lipinski definition) is 3. The summed E-state index contributed by atoms with van der Waals surface area (Å²) in [6.45, 7) is 1.74. The number of hydrogen-bond donors (Lipinski definition) is 0. The molecule has 0 heterocycles. The molecule has 0 spiro atoms. The SMILES string of the molecule is Cc1ccc([N+](=O)[O-])cc1C#N. The molecule has 0 N–H and O–H groups in total. The Morgan fingerprint density at radius 2 is 2.25 bits per heavy atom. The normalized spacial score (nSPS) is 9.00. The van der Waals surface area contributed by atoms with Gasteiger partial charge in [-0.2, -0.15) is 5.26 Å². The summed E-state index contributed by atoms with van der Waals surface area (Å²) >= 11 is 0. The van der Waals surface area contributed by atoms with Gasteiger partial charge in [0.25, 0.3) is 5.69 Å². The minimum Gasteiger partial charge on any atom is -0.258 e. The highest BCUT2D eigenvalue weighted by atomic mass is 16.6. The van der Waals surface area contributed by atoms with Gasteiger partial charge < -0.3 is 0 Å².